The largest absolute Gasteiger partial charge is 0.396 e. The number of hydrogen-bond acceptors (Lipinski definition) is 3. The lowest BCUT2D eigenvalue weighted by molar-refractivity contribution is -0.120. The molecule has 1 fully saturated rings. The first-order valence-corrected chi connectivity index (χ1v) is 6.77. The standard InChI is InChI=1S/C15H20FNO2/c16-15-6-2-1-5-13(15)8-14(19)10-17-7-3-4-12(9-17)11-18/h1-2,5-6,12,18H,3-4,7-11H2. The van der Waals surface area contributed by atoms with Crippen molar-refractivity contribution >= 4 is 5.78 Å². The van der Waals surface area contributed by atoms with E-state index in [0.717, 1.165) is 25.9 Å². The third-order valence-corrected chi connectivity index (χ3v) is 3.61. The van der Waals surface area contributed by atoms with Gasteiger partial charge in [-0.3, -0.25) is 9.69 Å². The van der Waals surface area contributed by atoms with Crippen molar-refractivity contribution in [2.24, 2.45) is 5.92 Å². The molecule has 0 bridgehead atoms. The molecular formula is C15H20FNO2. The molecule has 1 aliphatic heterocycles. The molecule has 4 heteroatoms. The van der Waals surface area contributed by atoms with Gasteiger partial charge in [0, 0.05) is 19.6 Å². The monoisotopic (exact) mass is 265 g/mol. The van der Waals surface area contributed by atoms with Crippen LogP contribution in [0.1, 0.15) is 18.4 Å². The Labute approximate surface area is 113 Å². The summed E-state index contributed by atoms with van der Waals surface area (Å²) in [7, 11) is 0. The van der Waals surface area contributed by atoms with Crippen LogP contribution in [-0.4, -0.2) is 42.0 Å². The van der Waals surface area contributed by atoms with Crippen LogP contribution in [0.5, 0.6) is 0 Å². The Balaban J connectivity index is 1.86. The smallest absolute Gasteiger partial charge is 0.151 e. The number of Topliss-reactive ketones (excluding diaryl/α,β-unsaturated/α-hetero) is 1. The summed E-state index contributed by atoms with van der Waals surface area (Å²) in [5.41, 5.74) is 0.461. The molecule has 2 rings (SSSR count). The van der Waals surface area contributed by atoms with Crippen LogP contribution in [0.2, 0.25) is 0 Å². The van der Waals surface area contributed by atoms with Gasteiger partial charge in [-0.1, -0.05) is 18.2 Å². The van der Waals surface area contributed by atoms with E-state index in [0.29, 0.717) is 12.1 Å². The van der Waals surface area contributed by atoms with Crippen molar-refractivity contribution in [1.29, 1.82) is 0 Å². The van der Waals surface area contributed by atoms with Crippen molar-refractivity contribution in [2.45, 2.75) is 19.3 Å². The number of nitrogens with zero attached hydrogens (tertiary/aromatic N) is 1. The topological polar surface area (TPSA) is 40.5 Å². The van der Waals surface area contributed by atoms with Crippen LogP contribution < -0.4 is 0 Å². The number of carbonyl (C=O) groups excluding carboxylic acids is 1. The zero-order valence-electron chi connectivity index (χ0n) is 11.0. The van der Waals surface area contributed by atoms with Crippen LogP contribution in [0.3, 0.4) is 0 Å². The number of carbonyl (C=O) groups is 1. The molecule has 0 saturated carbocycles. The second kappa shape index (κ2) is 6.78. The molecule has 0 amide bonds. The molecule has 1 aromatic carbocycles. The zero-order chi connectivity index (χ0) is 13.7. The Morgan fingerprint density at radius 3 is 2.95 bits per heavy atom. The van der Waals surface area contributed by atoms with E-state index in [1.54, 1.807) is 18.2 Å². The predicted molar refractivity (Wildman–Crippen MR) is 71.4 cm³/mol. The number of benzene rings is 1. The predicted octanol–water partition coefficient (Wildman–Crippen LogP) is 1.64. The minimum absolute atomic E-state index is 0.0312. The van der Waals surface area contributed by atoms with Crippen LogP contribution in [-0.2, 0) is 11.2 Å². The van der Waals surface area contributed by atoms with E-state index in [4.69, 9.17) is 5.11 Å². The molecule has 1 atom stereocenters. The van der Waals surface area contributed by atoms with Crippen LogP contribution >= 0.6 is 0 Å². The molecule has 1 aromatic rings. The van der Waals surface area contributed by atoms with Crippen LogP contribution in [0.15, 0.2) is 24.3 Å². The van der Waals surface area contributed by atoms with Crippen molar-refractivity contribution in [3.05, 3.63) is 35.6 Å². The Bertz CT molecular complexity index is 436. The molecule has 3 nitrogen and oxygen atoms in total. The Morgan fingerprint density at radius 2 is 2.21 bits per heavy atom. The highest BCUT2D eigenvalue weighted by molar-refractivity contribution is 5.82. The second-order valence-corrected chi connectivity index (χ2v) is 5.23. The zero-order valence-corrected chi connectivity index (χ0v) is 11.0. The first-order chi connectivity index (χ1) is 9.19. The van der Waals surface area contributed by atoms with Crippen molar-refractivity contribution < 1.29 is 14.3 Å². The third kappa shape index (κ3) is 4.11. The van der Waals surface area contributed by atoms with Gasteiger partial charge in [-0.05, 0) is 36.9 Å². The summed E-state index contributed by atoms with van der Waals surface area (Å²) >= 11 is 0. The van der Waals surface area contributed by atoms with Gasteiger partial charge < -0.3 is 5.11 Å². The molecule has 0 aliphatic carbocycles. The number of likely N-dealkylation sites (tertiary alicyclic amines) is 1. The second-order valence-electron chi connectivity index (χ2n) is 5.23. The summed E-state index contributed by atoms with van der Waals surface area (Å²) in [4.78, 5) is 14.0. The molecule has 1 heterocycles. The summed E-state index contributed by atoms with van der Waals surface area (Å²) in [6.45, 7) is 2.18. The quantitative estimate of drug-likeness (QED) is 0.880. The summed E-state index contributed by atoms with van der Waals surface area (Å²) in [6, 6.07) is 6.40. The highest BCUT2D eigenvalue weighted by Gasteiger charge is 2.21. The number of halogens is 1. The van der Waals surface area contributed by atoms with E-state index in [1.807, 2.05) is 0 Å². The minimum Gasteiger partial charge on any atom is -0.396 e. The van der Waals surface area contributed by atoms with Crippen molar-refractivity contribution in [2.75, 3.05) is 26.2 Å². The lowest BCUT2D eigenvalue weighted by atomic mass is 9.98. The van der Waals surface area contributed by atoms with Crippen LogP contribution in [0, 0.1) is 11.7 Å². The fourth-order valence-electron chi connectivity index (χ4n) is 2.60. The van der Waals surface area contributed by atoms with E-state index in [2.05, 4.69) is 4.90 Å². The fraction of sp³-hybridized carbons (Fsp3) is 0.533. The summed E-state index contributed by atoms with van der Waals surface area (Å²) < 4.78 is 13.4. The maximum absolute atomic E-state index is 13.4. The van der Waals surface area contributed by atoms with Crippen molar-refractivity contribution in [1.82, 2.24) is 4.90 Å². The van der Waals surface area contributed by atoms with Gasteiger partial charge in [-0.15, -0.1) is 0 Å². The molecule has 0 spiro atoms. The number of aliphatic hydroxyl groups is 1. The molecule has 0 radical (unpaired) electrons. The molecule has 19 heavy (non-hydrogen) atoms. The Kier molecular flexibility index (Phi) is 5.05. The van der Waals surface area contributed by atoms with E-state index in [9.17, 15) is 9.18 Å². The number of rotatable bonds is 5. The van der Waals surface area contributed by atoms with E-state index in [-0.39, 0.29) is 30.5 Å². The minimum atomic E-state index is -0.317. The number of aliphatic hydroxyl groups excluding tert-OH is 1. The molecule has 0 aromatic heterocycles. The number of ketones is 1. The molecule has 1 unspecified atom stereocenters. The molecule has 1 aliphatic rings. The SMILES string of the molecule is O=C(Cc1ccccc1F)CN1CCCC(CO)C1. The van der Waals surface area contributed by atoms with E-state index >= 15 is 0 Å². The fourth-order valence-corrected chi connectivity index (χ4v) is 2.60. The average molecular weight is 265 g/mol. The molecule has 1 saturated heterocycles. The lowest BCUT2D eigenvalue weighted by Gasteiger charge is -2.31. The van der Waals surface area contributed by atoms with Gasteiger partial charge in [0.05, 0.1) is 6.54 Å². The van der Waals surface area contributed by atoms with Gasteiger partial charge in [-0.25, -0.2) is 4.39 Å². The maximum Gasteiger partial charge on any atom is 0.151 e. The normalized spacial score (nSPS) is 20.4. The van der Waals surface area contributed by atoms with Crippen LogP contribution in [0.4, 0.5) is 4.39 Å². The van der Waals surface area contributed by atoms with Gasteiger partial charge in [0.1, 0.15) is 5.82 Å². The number of piperidine rings is 1. The van der Waals surface area contributed by atoms with E-state index in [1.165, 1.54) is 6.07 Å². The van der Waals surface area contributed by atoms with Gasteiger partial charge in [-0.2, -0.15) is 0 Å². The van der Waals surface area contributed by atoms with Crippen molar-refractivity contribution in [3.63, 3.8) is 0 Å². The summed E-state index contributed by atoms with van der Waals surface area (Å²) in [6.07, 6.45) is 2.18. The van der Waals surface area contributed by atoms with Crippen molar-refractivity contribution in [3.8, 4) is 0 Å². The Hall–Kier alpha value is -1.26. The van der Waals surface area contributed by atoms with Crippen LogP contribution in [0.25, 0.3) is 0 Å². The summed E-state index contributed by atoms with van der Waals surface area (Å²) in [5, 5.41) is 9.15. The first-order valence-electron chi connectivity index (χ1n) is 6.77. The summed E-state index contributed by atoms with van der Waals surface area (Å²) in [5.74, 6) is -0.0126. The molecule has 104 valence electrons. The highest BCUT2D eigenvalue weighted by atomic mass is 19.1. The number of hydrogen-bond donors (Lipinski definition) is 1. The lowest BCUT2D eigenvalue weighted by Crippen LogP contribution is -2.40. The van der Waals surface area contributed by atoms with Gasteiger partial charge in [0.2, 0.25) is 0 Å². The molecule has 1 N–H and O–H groups in total. The van der Waals surface area contributed by atoms with E-state index < -0.39 is 0 Å². The molecular weight excluding hydrogens is 245 g/mol. The van der Waals surface area contributed by atoms with Gasteiger partial charge >= 0.3 is 0 Å². The maximum atomic E-state index is 13.4. The van der Waals surface area contributed by atoms with Gasteiger partial charge in [0.15, 0.2) is 5.78 Å². The average Bonchev–Trinajstić information content (AvgIpc) is 2.41. The Morgan fingerprint density at radius 1 is 1.42 bits per heavy atom. The first kappa shape index (κ1) is 14.2. The third-order valence-electron chi connectivity index (χ3n) is 3.61. The highest BCUT2D eigenvalue weighted by Crippen LogP contribution is 2.16. The van der Waals surface area contributed by atoms with Gasteiger partial charge in [0.25, 0.3) is 0 Å².